The molecular weight excluding hydrogens is 162 g/mol. The number of hydrogen-bond donors (Lipinski definition) is 2. The first-order chi connectivity index (χ1) is 5.65. The molecule has 0 aromatic carbocycles. The summed E-state index contributed by atoms with van der Waals surface area (Å²) in [5.74, 6) is -1.35. The van der Waals surface area contributed by atoms with Crippen molar-refractivity contribution in [2.45, 2.75) is 0 Å². The van der Waals surface area contributed by atoms with Crippen molar-refractivity contribution < 1.29 is 19.7 Å². The van der Waals surface area contributed by atoms with Gasteiger partial charge in [-0.05, 0) is 0 Å². The molecule has 0 aliphatic rings. The maximum atomic E-state index is 10.4. The molecule has 0 aliphatic carbocycles. The van der Waals surface area contributed by atoms with Crippen LogP contribution >= 0.6 is 0 Å². The minimum atomic E-state index is -1.27. The molecule has 12 heavy (non-hydrogen) atoms. The minimum absolute atomic E-state index is 0.317. The summed E-state index contributed by atoms with van der Waals surface area (Å²) in [4.78, 5) is 13.8. The molecule has 64 valence electrons. The lowest BCUT2D eigenvalue weighted by molar-refractivity contribution is 0.0687. The lowest BCUT2D eigenvalue weighted by Crippen LogP contribution is -2.00. The van der Waals surface area contributed by atoms with Crippen molar-refractivity contribution in [1.82, 2.24) is 4.98 Å². The highest BCUT2D eigenvalue weighted by Gasteiger charge is 2.11. The fraction of sp³-hybridized carbons (Fsp3) is 0.143. The monoisotopic (exact) mass is 169 g/mol. The fourth-order valence-electron chi connectivity index (χ4n) is 0.711. The van der Waals surface area contributed by atoms with E-state index in [0.717, 1.165) is 0 Å². The van der Waals surface area contributed by atoms with Crippen molar-refractivity contribution in [1.29, 1.82) is 0 Å². The number of carboxylic acids is 1. The standard InChI is InChI=1S/C7H7NO4/c1-12-4-2-5(9)6(7(10)11)8-3-4/h2-3,9H,1H3,(H,10,11). The minimum Gasteiger partial charge on any atom is -0.505 e. The molecular formula is C7H7NO4. The lowest BCUT2D eigenvalue weighted by Gasteiger charge is -2.01. The number of pyridine rings is 1. The Kier molecular flexibility index (Phi) is 2.14. The van der Waals surface area contributed by atoms with Crippen molar-refractivity contribution in [3.8, 4) is 11.5 Å². The normalized spacial score (nSPS) is 9.42. The molecule has 0 amide bonds. The summed E-state index contributed by atoms with van der Waals surface area (Å²) in [5.41, 5.74) is -0.379. The van der Waals surface area contributed by atoms with Crippen LogP contribution in [0.5, 0.6) is 11.5 Å². The van der Waals surface area contributed by atoms with Crippen molar-refractivity contribution >= 4 is 5.97 Å². The Morgan fingerprint density at radius 1 is 1.67 bits per heavy atom. The van der Waals surface area contributed by atoms with Gasteiger partial charge in [-0.25, -0.2) is 9.78 Å². The third-order valence-electron chi connectivity index (χ3n) is 1.28. The van der Waals surface area contributed by atoms with E-state index in [0.29, 0.717) is 5.75 Å². The topological polar surface area (TPSA) is 79.7 Å². The molecule has 0 fully saturated rings. The highest BCUT2D eigenvalue weighted by molar-refractivity contribution is 5.88. The zero-order valence-electron chi connectivity index (χ0n) is 6.31. The van der Waals surface area contributed by atoms with E-state index in [1.54, 1.807) is 0 Å². The van der Waals surface area contributed by atoms with Crippen LogP contribution in [0.1, 0.15) is 10.5 Å². The summed E-state index contributed by atoms with van der Waals surface area (Å²) in [6, 6.07) is 1.19. The van der Waals surface area contributed by atoms with Crippen LogP contribution in [-0.4, -0.2) is 28.3 Å². The van der Waals surface area contributed by atoms with Gasteiger partial charge in [-0.3, -0.25) is 0 Å². The zero-order chi connectivity index (χ0) is 9.14. The fourth-order valence-corrected chi connectivity index (χ4v) is 0.711. The average Bonchev–Trinajstić information content (AvgIpc) is 2.03. The molecule has 5 heteroatoms. The number of methoxy groups -OCH3 is 1. The van der Waals surface area contributed by atoms with Crippen LogP contribution in [0.3, 0.4) is 0 Å². The maximum absolute atomic E-state index is 10.4. The number of aromatic nitrogens is 1. The van der Waals surface area contributed by atoms with Crippen LogP contribution < -0.4 is 4.74 Å². The van der Waals surface area contributed by atoms with Gasteiger partial charge in [0.2, 0.25) is 0 Å². The lowest BCUT2D eigenvalue weighted by atomic mass is 10.3. The molecule has 1 aromatic rings. The molecule has 0 aliphatic heterocycles. The van der Waals surface area contributed by atoms with Gasteiger partial charge in [0, 0.05) is 6.07 Å². The van der Waals surface area contributed by atoms with Gasteiger partial charge in [0.25, 0.3) is 0 Å². The maximum Gasteiger partial charge on any atom is 0.358 e. The largest absolute Gasteiger partial charge is 0.505 e. The van der Waals surface area contributed by atoms with Crippen LogP contribution in [0, 0.1) is 0 Å². The number of aromatic carboxylic acids is 1. The van der Waals surface area contributed by atoms with Crippen molar-refractivity contribution in [2.24, 2.45) is 0 Å². The summed E-state index contributed by atoms with van der Waals surface area (Å²) in [7, 11) is 1.40. The van der Waals surface area contributed by atoms with Crippen LogP contribution in [-0.2, 0) is 0 Å². The van der Waals surface area contributed by atoms with Crippen LogP contribution in [0.25, 0.3) is 0 Å². The summed E-state index contributed by atoms with van der Waals surface area (Å²) in [5, 5.41) is 17.5. The summed E-state index contributed by atoms with van der Waals surface area (Å²) < 4.78 is 4.71. The van der Waals surface area contributed by atoms with E-state index in [9.17, 15) is 4.79 Å². The summed E-state index contributed by atoms with van der Waals surface area (Å²) in [6.07, 6.45) is 1.23. The van der Waals surface area contributed by atoms with E-state index in [1.807, 2.05) is 0 Å². The smallest absolute Gasteiger partial charge is 0.358 e. The Balaban J connectivity index is 3.12. The quantitative estimate of drug-likeness (QED) is 0.673. The van der Waals surface area contributed by atoms with Gasteiger partial charge in [-0.2, -0.15) is 0 Å². The van der Waals surface area contributed by atoms with Gasteiger partial charge >= 0.3 is 5.97 Å². The Morgan fingerprint density at radius 3 is 2.75 bits per heavy atom. The molecule has 0 radical (unpaired) electrons. The predicted molar refractivity (Wildman–Crippen MR) is 39.4 cm³/mol. The summed E-state index contributed by atoms with van der Waals surface area (Å²) in [6.45, 7) is 0. The number of rotatable bonds is 2. The molecule has 0 saturated carbocycles. The Bertz CT molecular complexity index is 310. The van der Waals surface area contributed by atoms with Crippen LogP contribution in [0.15, 0.2) is 12.3 Å². The van der Waals surface area contributed by atoms with E-state index in [1.165, 1.54) is 19.4 Å². The molecule has 2 N–H and O–H groups in total. The highest BCUT2D eigenvalue weighted by Crippen LogP contribution is 2.20. The molecule has 0 saturated heterocycles. The molecule has 0 unspecified atom stereocenters. The Labute approximate surface area is 68.2 Å². The van der Waals surface area contributed by atoms with Gasteiger partial charge in [-0.15, -0.1) is 0 Å². The van der Waals surface area contributed by atoms with E-state index in [-0.39, 0.29) is 5.69 Å². The SMILES string of the molecule is COc1cnc(C(=O)O)c(O)c1. The Morgan fingerprint density at radius 2 is 2.33 bits per heavy atom. The predicted octanol–water partition coefficient (Wildman–Crippen LogP) is 0.494. The van der Waals surface area contributed by atoms with Gasteiger partial charge in [0.1, 0.15) is 5.75 Å². The van der Waals surface area contributed by atoms with E-state index in [4.69, 9.17) is 14.9 Å². The second-order valence-electron chi connectivity index (χ2n) is 2.05. The van der Waals surface area contributed by atoms with Gasteiger partial charge in [0.05, 0.1) is 13.3 Å². The first kappa shape index (κ1) is 8.32. The molecule has 1 aromatic heterocycles. The summed E-state index contributed by atoms with van der Waals surface area (Å²) >= 11 is 0. The van der Waals surface area contributed by atoms with Gasteiger partial charge in [0.15, 0.2) is 11.4 Å². The van der Waals surface area contributed by atoms with E-state index < -0.39 is 11.7 Å². The number of carboxylic acid groups (broad SMARTS) is 1. The first-order valence-electron chi connectivity index (χ1n) is 3.11. The number of carbonyl (C=O) groups is 1. The number of ether oxygens (including phenoxy) is 1. The second kappa shape index (κ2) is 3.08. The van der Waals surface area contributed by atoms with Crippen molar-refractivity contribution in [3.63, 3.8) is 0 Å². The molecule has 1 rings (SSSR count). The highest BCUT2D eigenvalue weighted by atomic mass is 16.5. The third kappa shape index (κ3) is 1.45. The average molecular weight is 169 g/mol. The van der Waals surface area contributed by atoms with E-state index >= 15 is 0 Å². The van der Waals surface area contributed by atoms with Gasteiger partial charge < -0.3 is 14.9 Å². The third-order valence-corrected chi connectivity index (χ3v) is 1.28. The zero-order valence-corrected chi connectivity index (χ0v) is 6.31. The molecule has 5 nitrogen and oxygen atoms in total. The molecule has 0 atom stereocenters. The number of hydrogen-bond acceptors (Lipinski definition) is 4. The number of nitrogens with zero attached hydrogens (tertiary/aromatic N) is 1. The van der Waals surface area contributed by atoms with Crippen LogP contribution in [0.4, 0.5) is 0 Å². The first-order valence-corrected chi connectivity index (χ1v) is 3.11. The molecule has 1 heterocycles. The van der Waals surface area contributed by atoms with Crippen molar-refractivity contribution in [2.75, 3.05) is 7.11 Å². The number of aromatic hydroxyl groups is 1. The molecule has 0 bridgehead atoms. The van der Waals surface area contributed by atoms with Crippen molar-refractivity contribution in [3.05, 3.63) is 18.0 Å². The van der Waals surface area contributed by atoms with E-state index in [2.05, 4.69) is 4.98 Å². The Hall–Kier alpha value is -1.78. The molecule has 0 spiro atoms. The van der Waals surface area contributed by atoms with Crippen LogP contribution in [0.2, 0.25) is 0 Å². The van der Waals surface area contributed by atoms with Gasteiger partial charge in [-0.1, -0.05) is 0 Å². The second-order valence-corrected chi connectivity index (χ2v) is 2.05.